The second-order valence-electron chi connectivity index (χ2n) is 7.67. The number of ether oxygens (including phenoxy) is 2. The van der Waals surface area contributed by atoms with Gasteiger partial charge in [-0.05, 0) is 54.1 Å². The van der Waals surface area contributed by atoms with E-state index in [0.29, 0.717) is 11.4 Å². The van der Waals surface area contributed by atoms with Gasteiger partial charge in [-0.25, -0.2) is 13.8 Å². The lowest BCUT2D eigenvalue weighted by atomic mass is 10.2. The van der Waals surface area contributed by atoms with Gasteiger partial charge in [0.15, 0.2) is 0 Å². The lowest BCUT2D eigenvalue weighted by Crippen LogP contribution is -2.39. The third-order valence-electron chi connectivity index (χ3n) is 5.15. The first-order chi connectivity index (χ1) is 17.0. The number of rotatable bonds is 10. The maximum Gasteiger partial charge on any atom is 0.264 e. The van der Waals surface area contributed by atoms with Gasteiger partial charge in [0.2, 0.25) is 0 Å². The molecule has 0 radical (unpaired) electrons. The van der Waals surface area contributed by atoms with Crippen molar-refractivity contribution in [2.75, 3.05) is 29.5 Å². The number of benzene rings is 3. The van der Waals surface area contributed by atoms with E-state index in [-0.39, 0.29) is 11.0 Å². The van der Waals surface area contributed by atoms with Gasteiger partial charge >= 0.3 is 0 Å². The summed E-state index contributed by atoms with van der Waals surface area (Å²) >= 11 is 1.84. The van der Waals surface area contributed by atoms with E-state index >= 15 is 0 Å². The molecule has 8 nitrogen and oxygen atoms in total. The standard InChI is InChI=1S/C25H25N3O5S2/c1-32-21-12-10-20(11-13-21)28(35(30,31)24-8-3-2-4-9-24)16-25(29)27-26-15-19-6-5-7-22(14-19)33-23-17-34-18-23/h2-15,23H,16-18H2,1H3,(H,27,29)/b26-15-. The molecule has 0 bridgehead atoms. The number of amides is 1. The maximum atomic E-state index is 13.3. The van der Waals surface area contributed by atoms with Gasteiger partial charge in [0.25, 0.3) is 15.9 Å². The van der Waals surface area contributed by atoms with Crippen molar-refractivity contribution in [3.63, 3.8) is 0 Å². The first-order valence-electron chi connectivity index (χ1n) is 10.8. The van der Waals surface area contributed by atoms with Gasteiger partial charge in [-0.3, -0.25) is 9.10 Å². The van der Waals surface area contributed by atoms with Crippen LogP contribution in [0.1, 0.15) is 5.56 Å². The normalized spacial score (nSPS) is 13.7. The average molecular weight is 512 g/mol. The number of anilines is 1. The van der Waals surface area contributed by atoms with Crippen LogP contribution in [0.15, 0.2) is 88.9 Å². The minimum atomic E-state index is -4.00. The Hall–Kier alpha value is -3.50. The van der Waals surface area contributed by atoms with Crippen molar-refractivity contribution in [1.29, 1.82) is 0 Å². The van der Waals surface area contributed by atoms with Crippen molar-refractivity contribution < 1.29 is 22.7 Å². The van der Waals surface area contributed by atoms with E-state index in [1.165, 1.54) is 25.5 Å². The minimum Gasteiger partial charge on any atom is -0.497 e. The molecule has 1 heterocycles. The molecule has 1 saturated heterocycles. The van der Waals surface area contributed by atoms with Crippen LogP contribution in [0.3, 0.4) is 0 Å². The van der Waals surface area contributed by atoms with Crippen LogP contribution in [0.25, 0.3) is 0 Å². The van der Waals surface area contributed by atoms with Crippen molar-refractivity contribution in [3.8, 4) is 11.5 Å². The van der Waals surface area contributed by atoms with Gasteiger partial charge in [0, 0.05) is 11.5 Å². The van der Waals surface area contributed by atoms with Crippen LogP contribution in [0.5, 0.6) is 11.5 Å². The quantitative estimate of drug-likeness (QED) is 0.330. The number of hydrogen-bond donors (Lipinski definition) is 1. The van der Waals surface area contributed by atoms with Crippen molar-refractivity contribution in [2.45, 2.75) is 11.0 Å². The topological polar surface area (TPSA) is 97.3 Å². The minimum absolute atomic E-state index is 0.0776. The molecule has 0 atom stereocenters. The molecular formula is C25H25N3O5S2. The predicted molar refractivity (Wildman–Crippen MR) is 138 cm³/mol. The fourth-order valence-electron chi connectivity index (χ4n) is 3.27. The average Bonchev–Trinajstić information content (AvgIpc) is 2.86. The van der Waals surface area contributed by atoms with Gasteiger partial charge in [-0.2, -0.15) is 16.9 Å². The highest BCUT2D eigenvalue weighted by Gasteiger charge is 2.27. The first-order valence-corrected chi connectivity index (χ1v) is 13.4. The molecule has 0 aliphatic carbocycles. The van der Waals surface area contributed by atoms with Crippen LogP contribution >= 0.6 is 11.8 Å². The molecule has 3 aromatic carbocycles. The molecule has 1 aliphatic heterocycles. The van der Waals surface area contributed by atoms with Crippen LogP contribution in [-0.2, 0) is 14.8 Å². The van der Waals surface area contributed by atoms with E-state index in [1.54, 1.807) is 42.5 Å². The first kappa shape index (κ1) is 24.6. The van der Waals surface area contributed by atoms with Crippen molar-refractivity contribution in [1.82, 2.24) is 5.43 Å². The summed E-state index contributed by atoms with van der Waals surface area (Å²) in [5.74, 6) is 2.68. The van der Waals surface area contributed by atoms with E-state index in [4.69, 9.17) is 9.47 Å². The summed E-state index contributed by atoms with van der Waals surface area (Å²) in [6.07, 6.45) is 1.71. The highest BCUT2D eigenvalue weighted by Crippen LogP contribution is 2.26. The monoisotopic (exact) mass is 511 g/mol. The van der Waals surface area contributed by atoms with Gasteiger partial charge in [0.1, 0.15) is 24.1 Å². The molecule has 1 N–H and O–H groups in total. The SMILES string of the molecule is COc1ccc(N(CC(=O)N/N=C\c2cccc(OC3CSC3)c2)S(=O)(=O)c2ccccc2)cc1. The Bertz CT molecular complexity index is 1280. The largest absolute Gasteiger partial charge is 0.497 e. The maximum absolute atomic E-state index is 13.3. The summed E-state index contributed by atoms with van der Waals surface area (Å²) in [5.41, 5.74) is 3.49. The summed E-state index contributed by atoms with van der Waals surface area (Å²) in [6.45, 7) is -0.455. The van der Waals surface area contributed by atoms with Crippen LogP contribution in [0.4, 0.5) is 5.69 Å². The molecule has 3 aromatic rings. The smallest absolute Gasteiger partial charge is 0.264 e. The van der Waals surface area contributed by atoms with Gasteiger partial charge < -0.3 is 9.47 Å². The fourth-order valence-corrected chi connectivity index (χ4v) is 5.28. The number of hydrogen-bond acceptors (Lipinski definition) is 7. The zero-order valence-corrected chi connectivity index (χ0v) is 20.7. The lowest BCUT2D eigenvalue weighted by molar-refractivity contribution is -0.119. The summed E-state index contributed by atoms with van der Waals surface area (Å²) in [4.78, 5) is 12.8. The van der Waals surface area contributed by atoms with Crippen molar-refractivity contribution in [2.24, 2.45) is 5.10 Å². The lowest BCUT2D eigenvalue weighted by Gasteiger charge is -2.25. The number of nitrogens with one attached hydrogen (secondary N) is 1. The van der Waals surface area contributed by atoms with E-state index in [2.05, 4.69) is 10.5 Å². The molecule has 1 aliphatic rings. The van der Waals surface area contributed by atoms with Crippen LogP contribution in [0.2, 0.25) is 0 Å². The molecule has 182 valence electrons. The number of sulfonamides is 1. The summed E-state index contributed by atoms with van der Waals surface area (Å²) in [5, 5.41) is 4.00. The molecule has 1 amide bonds. The third kappa shape index (κ3) is 6.34. The van der Waals surface area contributed by atoms with E-state index in [9.17, 15) is 13.2 Å². The molecule has 1 fully saturated rings. The number of nitrogens with zero attached hydrogens (tertiary/aromatic N) is 2. The molecule has 0 unspecified atom stereocenters. The summed E-state index contributed by atoms with van der Waals surface area (Å²) in [6, 6.07) is 21.8. The number of carbonyl (C=O) groups excluding carboxylic acids is 1. The van der Waals surface area contributed by atoms with E-state index in [0.717, 1.165) is 27.1 Å². The number of hydrazone groups is 1. The molecule has 0 saturated carbocycles. The Labute approximate surface area is 209 Å². The van der Waals surface area contributed by atoms with Gasteiger partial charge in [-0.15, -0.1) is 0 Å². The number of methoxy groups -OCH3 is 1. The highest BCUT2D eigenvalue weighted by molar-refractivity contribution is 8.00. The van der Waals surface area contributed by atoms with Crippen LogP contribution in [-0.4, -0.2) is 51.8 Å². The Morgan fingerprint density at radius 2 is 1.80 bits per heavy atom. The highest BCUT2D eigenvalue weighted by atomic mass is 32.2. The van der Waals surface area contributed by atoms with Crippen molar-refractivity contribution >= 4 is 39.6 Å². The molecule has 0 aromatic heterocycles. The summed E-state index contributed by atoms with van der Waals surface area (Å²) < 4.78 is 38.7. The fraction of sp³-hybridized carbons (Fsp3) is 0.200. The predicted octanol–water partition coefficient (Wildman–Crippen LogP) is 3.54. The van der Waals surface area contributed by atoms with Crippen molar-refractivity contribution in [3.05, 3.63) is 84.4 Å². The molecule has 35 heavy (non-hydrogen) atoms. The number of carbonyl (C=O) groups is 1. The molecular weight excluding hydrogens is 486 g/mol. The third-order valence-corrected chi connectivity index (χ3v) is 8.15. The van der Waals surface area contributed by atoms with E-state index < -0.39 is 22.5 Å². The molecule has 0 spiro atoms. The second-order valence-corrected chi connectivity index (χ2v) is 10.6. The number of thioether (sulfide) groups is 1. The molecule has 4 rings (SSSR count). The second kappa shape index (κ2) is 11.3. The van der Waals surface area contributed by atoms with Crippen LogP contribution in [0, 0.1) is 0 Å². The Balaban J connectivity index is 1.47. The Kier molecular flexibility index (Phi) is 7.94. The van der Waals surface area contributed by atoms with E-state index in [1.807, 2.05) is 36.0 Å². The Morgan fingerprint density at radius 3 is 2.46 bits per heavy atom. The van der Waals surface area contributed by atoms with Gasteiger partial charge in [0.05, 0.1) is 23.9 Å². The Morgan fingerprint density at radius 1 is 1.06 bits per heavy atom. The summed E-state index contributed by atoms with van der Waals surface area (Å²) in [7, 11) is -2.48. The van der Waals surface area contributed by atoms with Crippen LogP contribution < -0.4 is 19.2 Å². The zero-order chi connectivity index (χ0) is 24.7. The molecule has 10 heteroatoms. The zero-order valence-electron chi connectivity index (χ0n) is 19.0. The van der Waals surface area contributed by atoms with Gasteiger partial charge in [-0.1, -0.05) is 30.3 Å².